The number of rotatable bonds is 2. The first-order chi connectivity index (χ1) is 5.20. The van der Waals surface area contributed by atoms with Gasteiger partial charge in [-0.15, -0.1) is 0 Å². The first-order valence-electron chi connectivity index (χ1n) is 2.50. The molecule has 0 radical (unpaired) electrons. The Labute approximate surface area is 80.4 Å². The molecule has 60 valence electrons. The second kappa shape index (κ2) is 6.30. The number of halogens is 2. The monoisotopic (exact) mass is 282 g/mol. The van der Waals surface area contributed by atoms with Crippen LogP contribution < -0.4 is 0 Å². The highest BCUT2D eigenvalue weighted by Gasteiger charge is 2.01. The minimum Gasteiger partial charge on any atom is -0.387 e. The molecule has 0 aromatic carbocycles. The van der Waals surface area contributed by atoms with Crippen LogP contribution in [0.1, 0.15) is 0 Å². The van der Waals surface area contributed by atoms with Crippen LogP contribution in [0, 0.1) is 0 Å². The third-order valence-electron chi connectivity index (χ3n) is 0.599. The number of carbonyl (C=O) groups is 2. The van der Waals surface area contributed by atoms with Gasteiger partial charge in [0.1, 0.15) is 0 Å². The normalized spacial score (nSPS) is 10.7. The molecule has 0 aliphatic heterocycles. The Kier molecular flexibility index (Phi) is 6.06. The van der Waals surface area contributed by atoms with Gasteiger partial charge in [-0.1, -0.05) is 31.9 Å². The standard InChI is InChI=1S/C6H4Br2O3/c7-3-1-5(9)11-6(10)2-4-8/h1-4H. The van der Waals surface area contributed by atoms with Crippen molar-refractivity contribution in [2.45, 2.75) is 0 Å². The summed E-state index contributed by atoms with van der Waals surface area (Å²) in [7, 11) is 0. The summed E-state index contributed by atoms with van der Waals surface area (Å²) in [6.45, 7) is 0. The van der Waals surface area contributed by atoms with Gasteiger partial charge in [0.2, 0.25) is 0 Å². The molecule has 0 rings (SSSR count). The number of hydrogen-bond acceptors (Lipinski definition) is 3. The van der Waals surface area contributed by atoms with E-state index in [9.17, 15) is 9.59 Å². The van der Waals surface area contributed by atoms with Crippen molar-refractivity contribution in [1.82, 2.24) is 0 Å². The molecule has 0 fully saturated rings. The first-order valence-corrected chi connectivity index (χ1v) is 4.33. The van der Waals surface area contributed by atoms with E-state index in [0.717, 1.165) is 12.2 Å². The lowest BCUT2D eigenvalue weighted by molar-refractivity contribution is -0.152. The second-order valence-electron chi connectivity index (χ2n) is 1.33. The van der Waals surface area contributed by atoms with Crippen molar-refractivity contribution < 1.29 is 14.3 Å². The summed E-state index contributed by atoms with van der Waals surface area (Å²) in [6, 6.07) is 0. The molecule has 0 bridgehead atoms. The summed E-state index contributed by atoms with van der Waals surface area (Å²) >= 11 is 5.72. The molecule has 11 heavy (non-hydrogen) atoms. The molecular formula is C6H4Br2O3. The highest BCUT2D eigenvalue weighted by Crippen LogP contribution is 1.90. The number of ether oxygens (including phenoxy) is 1. The Hall–Kier alpha value is -0.420. The molecule has 0 heterocycles. The molecule has 0 unspecified atom stereocenters. The molecule has 0 saturated carbocycles. The van der Waals surface area contributed by atoms with E-state index in [1.807, 2.05) is 0 Å². The third-order valence-corrected chi connectivity index (χ3v) is 1.13. The molecule has 0 aliphatic carbocycles. The third kappa shape index (κ3) is 6.00. The van der Waals surface area contributed by atoms with Crippen molar-refractivity contribution in [3.63, 3.8) is 0 Å². The summed E-state index contributed by atoms with van der Waals surface area (Å²) in [6.07, 6.45) is 2.17. The molecule has 0 saturated heterocycles. The van der Waals surface area contributed by atoms with Gasteiger partial charge in [0.25, 0.3) is 0 Å². The number of carbonyl (C=O) groups excluding carboxylic acids is 2. The quantitative estimate of drug-likeness (QED) is 0.441. The van der Waals surface area contributed by atoms with Crippen molar-refractivity contribution >= 4 is 43.8 Å². The average Bonchev–Trinajstić information content (AvgIpc) is 1.87. The van der Waals surface area contributed by atoms with Crippen molar-refractivity contribution in [1.29, 1.82) is 0 Å². The van der Waals surface area contributed by atoms with Gasteiger partial charge in [-0.2, -0.15) is 0 Å². The molecule has 3 nitrogen and oxygen atoms in total. The maximum Gasteiger partial charge on any atom is 0.339 e. The van der Waals surface area contributed by atoms with E-state index in [2.05, 4.69) is 36.6 Å². The average molecular weight is 284 g/mol. The van der Waals surface area contributed by atoms with Crippen LogP contribution in [0.25, 0.3) is 0 Å². The molecule has 0 spiro atoms. The fraction of sp³-hybridized carbons (Fsp3) is 0. The summed E-state index contributed by atoms with van der Waals surface area (Å²) < 4.78 is 4.22. The highest BCUT2D eigenvalue weighted by atomic mass is 79.9. The van der Waals surface area contributed by atoms with E-state index in [1.165, 1.54) is 9.97 Å². The zero-order valence-electron chi connectivity index (χ0n) is 5.29. The molecule has 0 N–H and O–H groups in total. The van der Waals surface area contributed by atoms with E-state index in [4.69, 9.17) is 0 Å². The summed E-state index contributed by atoms with van der Waals surface area (Å²) in [5.41, 5.74) is 0. The van der Waals surface area contributed by atoms with Gasteiger partial charge in [-0.3, -0.25) is 0 Å². The molecule has 0 aromatic rings. The molecule has 5 heteroatoms. The van der Waals surface area contributed by atoms with Gasteiger partial charge >= 0.3 is 11.9 Å². The molecular weight excluding hydrogens is 280 g/mol. The van der Waals surface area contributed by atoms with Crippen LogP contribution in [0.4, 0.5) is 0 Å². The van der Waals surface area contributed by atoms with Gasteiger partial charge in [0.15, 0.2) is 0 Å². The highest BCUT2D eigenvalue weighted by molar-refractivity contribution is 9.11. The Bertz CT molecular complexity index is 186. The maximum absolute atomic E-state index is 10.5. The van der Waals surface area contributed by atoms with Crippen LogP contribution >= 0.6 is 31.9 Å². The van der Waals surface area contributed by atoms with Crippen molar-refractivity contribution in [3.8, 4) is 0 Å². The van der Waals surface area contributed by atoms with Gasteiger partial charge in [0, 0.05) is 12.2 Å². The molecule has 0 aliphatic rings. The zero-order valence-corrected chi connectivity index (χ0v) is 8.46. The van der Waals surface area contributed by atoms with E-state index in [0.29, 0.717) is 0 Å². The van der Waals surface area contributed by atoms with Crippen molar-refractivity contribution in [3.05, 3.63) is 22.1 Å². The van der Waals surface area contributed by atoms with Crippen LogP contribution in [-0.2, 0) is 14.3 Å². The number of hydrogen-bond donors (Lipinski definition) is 0. The van der Waals surface area contributed by atoms with Crippen molar-refractivity contribution in [2.75, 3.05) is 0 Å². The molecule has 0 aromatic heterocycles. The van der Waals surface area contributed by atoms with Crippen LogP contribution in [0.2, 0.25) is 0 Å². The summed E-state index contributed by atoms with van der Waals surface area (Å²) in [5, 5.41) is 0. The predicted octanol–water partition coefficient (Wildman–Crippen LogP) is 1.87. The summed E-state index contributed by atoms with van der Waals surface area (Å²) in [5.74, 6) is -1.42. The zero-order chi connectivity index (χ0) is 8.69. The van der Waals surface area contributed by atoms with E-state index in [-0.39, 0.29) is 0 Å². The fourth-order valence-corrected chi connectivity index (χ4v) is 0.702. The summed E-state index contributed by atoms with van der Waals surface area (Å²) in [4.78, 5) is 23.7. The van der Waals surface area contributed by atoms with Gasteiger partial charge < -0.3 is 4.74 Å². The van der Waals surface area contributed by atoms with Crippen LogP contribution in [0.5, 0.6) is 0 Å². The Morgan fingerprint density at radius 3 is 1.64 bits per heavy atom. The lowest BCUT2D eigenvalue weighted by Gasteiger charge is -1.91. The minimum atomic E-state index is -0.711. The van der Waals surface area contributed by atoms with Crippen LogP contribution in [0.15, 0.2) is 22.1 Å². The largest absolute Gasteiger partial charge is 0.387 e. The lowest BCUT2D eigenvalue weighted by Crippen LogP contribution is -2.06. The molecule has 0 amide bonds. The smallest absolute Gasteiger partial charge is 0.339 e. The Morgan fingerprint density at radius 1 is 1.00 bits per heavy atom. The minimum absolute atomic E-state index is 0.711. The van der Waals surface area contributed by atoms with Crippen LogP contribution in [-0.4, -0.2) is 11.9 Å². The van der Waals surface area contributed by atoms with E-state index in [1.54, 1.807) is 0 Å². The van der Waals surface area contributed by atoms with E-state index >= 15 is 0 Å². The van der Waals surface area contributed by atoms with Gasteiger partial charge in [-0.25, -0.2) is 9.59 Å². The van der Waals surface area contributed by atoms with Crippen molar-refractivity contribution in [2.24, 2.45) is 0 Å². The SMILES string of the molecule is O=C(C=CBr)OC(=O)C=CBr. The second-order valence-corrected chi connectivity index (χ2v) is 2.38. The lowest BCUT2D eigenvalue weighted by atomic mass is 10.6. The molecule has 0 atom stereocenters. The predicted molar refractivity (Wildman–Crippen MR) is 47.2 cm³/mol. The Balaban J connectivity index is 3.85. The van der Waals surface area contributed by atoms with Gasteiger partial charge in [0.05, 0.1) is 0 Å². The van der Waals surface area contributed by atoms with E-state index < -0.39 is 11.9 Å². The first kappa shape index (κ1) is 10.6. The fourth-order valence-electron chi connectivity index (χ4n) is 0.270. The number of esters is 2. The van der Waals surface area contributed by atoms with Crippen LogP contribution in [0.3, 0.4) is 0 Å². The Morgan fingerprint density at radius 2 is 1.36 bits per heavy atom. The maximum atomic E-state index is 10.5. The van der Waals surface area contributed by atoms with Gasteiger partial charge in [-0.05, 0) is 9.97 Å². The topological polar surface area (TPSA) is 43.4 Å².